The number of aliphatic hydroxyl groups excluding tert-OH is 2. The number of carbonyl (C=O) groups is 1. The largest absolute Gasteiger partial charge is 0.391 e. The van der Waals surface area contributed by atoms with Crippen molar-refractivity contribution in [3.8, 4) is 0 Å². The summed E-state index contributed by atoms with van der Waals surface area (Å²) < 4.78 is 54.7. The number of sulfone groups is 1. The Bertz CT molecular complexity index is 1200. The minimum Gasteiger partial charge on any atom is -0.391 e. The number of anilines is 1. The van der Waals surface area contributed by atoms with Gasteiger partial charge in [-0.05, 0) is 62.6 Å². The first-order valence-electron chi connectivity index (χ1n) is 11.1. The summed E-state index contributed by atoms with van der Waals surface area (Å²) in [4.78, 5) is 12.6. The second-order valence-electron chi connectivity index (χ2n) is 9.44. The summed E-state index contributed by atoms with van der Waals surface area (Å²) in [7, 11) is -2.37. The highest BCUT2D eigenvalue weighted by Crippen LogP contribution is 2.53. The Balaban J connectivity index is 1.55. The second-order valence-corrected chi connectivity index (χ2v) is 11.7. The molecular weight excluding hydrogens is 470 g/mol. The Morgan fingerprint density at radius 3 is 2.32 bits per heavy atom. The summed E-state index contributed by atoms with van der Waals surface area (Å²) >= 11 is 0. The number of aryl methyl sites for hydroxylation is 1. The van der Waals surface area contributed by atoms with Crippen molar-refractivity contribution in [1.29, 1.82) is 0 Å². The van der Waals surface area contributed by atoms with E-state index in [1.807, 2.05) is 0 Å². The molecule has 2 saturated carbocycles. The van der Waals surface area contributed by atoms with Gasteiger partial charge in [-0.3, -0.25) is 4.79 Å². The van der Waals surface area contributed by atoms with E-state index in [9.17, 15) is 37.3 Å². The molecule has 2 aromatic rings. The molecular formula is C23H28F2N2O6S. The number of carbonyl (C=O) groups excluding carboxylic acids is 1. The SMILES string of the molecule is C[C@H](O)[C@@H](O)C1(O)C2CC[C@H]1CC(S(=O)(=O)c1cc(C(=O)Nc3ccc(F)c(F)c3)n(C)c1)C2. The first kappa shape index (κ1) is 24.8. The molecule has 0 aliphatic heterocycles. The van der Waals surface area contributed by atoms with Crippen LogP contribution in [0.5, 0.6) is 0 Å². The third-order valence-electron chi connectivity index (χ3n) is 7.35. The van der Waals surface area contributed by atoms with Crippen LogP contribution in [0.3, 0.4) is 0 Å². The van der Waals surface area contributed by atoms with Crippen molar-refractivity contribution >= 4 is 21.4 Å². The van der Waals surface area contributed by atoms with Gasteiger partial charge in [-0.25, -0.2) is 17.2 Å². The summed E-state index contributed by atoms with van der Waals surface area (Å²) in [5.74, 6) is -3.82. The van der Waals surface area contributed by atoms with Gasteiger partial charge in [0.05, 0.1) is 21.9 Å². The van der Waals surface area contributed by atoms with Crippen LogP contribution in [0.15, 0.2) is 35.4 Å². The number of aromatic nitrogens is 1. The number of rotatable bonds is 6. The van der Waals surface area contributed by atoms with Gasteiger partial charge in [0.1, 0.15) is 11.8 Å². The maximum absolute atomic E-state index is 13.4. The van der Waals surface area contributed by atoms with Crippen LogP contribution in [0.2, 0.25) is 0 Å². The fraction of sp³-hybridized carbons (Fsp3) is 0.522. The standard InChI is InChI=1S/C23H28F2N2O6S/c1-12(28)21(29)23(31)13-3-4-14(23)8-16(7-13)34(32,33)17-10-20(27(2)11-17)22(30)26-15-5-6-18(24)19(25)9-15/h5-6,9-14,16,21,28-29,31H,3-4,7-8H2,1-2H3,(H,26,30)/t12-,13-,14?,16?,21+,23?/m0/s1. The molecule has 1 aromatic carbocycles. The summed E-state index contributed by atoms with van der Waals surface area (Å²) in [5.41, 5.74) is -1.50. The van der Waals surface area contributed by atoms with Crippen LogP contribution in [0.4, 0.5) is 14.5 Å². The first-order chi connectivity index (χ1) is 15.9. The van der Waals surface area contributed by atoms with Gasteiger partial charge in [-0.1, -0.05) is 0 Å². The fourth-order valence-electron chi connectivity index (χ4n) is 5.54. The van der Waals surface area contributed by atoms with Gasteiger partial charge in [0.25, 0.3) is 5.91 Å². The Labute approximate surface area is 196 Å². The average Bonchev–Trinajstić information content (AvgIpc) is 3.21. The zero-order chi connectivity index (χ0) is 25.0. The maximum atomic E-state index is 13.4. The Morgan fingerprint density at radius 1 is 1.15 bits per heavy atom. The maximum Gasteiger partial charge on any atom is 0.272 e. The smallest absolute Gasteiger partial charge is 0.272 e. The number of fused-ring (bicyclic) bond motifs is 2. The van der Waals surface area contributed by atoms with Crippen LogP contribution in [0.1, 0.15) is 43.1 Å². The highest BCUT2D eigenvalue weighted by Gasteiger charge is 2.59. The van der Waals surface area contributed by atoms with Gasteiger partial charge in [-0.15, -0.1) is 0 Å². The number of nitrogens with zero attached hydrogens (tertiary/aromatic N) is 1. The van der Waals surface area contributed by atoms with Crippen molar-refractivity contribution in [2.75, 3.05) is 5.32 Å². The molecule has 11 heteroatoms. The lowest BCUT2D eigenvalue weighted by molar-refractivity contribution is -0.172. The molecule has 8 nitrogen and oxygen atoms in total. The quantitative estimate of drug-likeness (QED) is 0.482. The molecule has 4 rings (SSSR count). The molecule has 2 bridgehead atoms. The lowest BCUT2D eigenvalue weighted by Gasteiger charge is -2.46. The molecule has 2 fully saturated rings. The molecule has 1 heterocycles. The molecule has 4 N–H and O–H groups in total. The van der Waals surface area contributed by atoms with Crippen molar-refractivity contribution in [3.05, 3.63) is 47.8 Å². The predicted octanol–water partition coefficient (Wildman–Crippen LogP) is 1.99. The predicted molar refractivity (Wildman–Crippen MR) is 119 cm³/mol. The molecule has 3 unspecified atom stereocenters. The van der Waals surface area contributed by atoms with E-state index in [4.69, 9.17) is 0 Å². The normalized spacial score (nSPS) is 28.5. The summed E-state index contributed by atoms with van der Waals surface area (Å²) in [5, 5.41) is 33.0. The van der Waals surface area contributed by atoms with E-state index in [2.05, 4.69) is 5.32 Å². The monoisotopic (exact) mass is 498 g/mol. The third-order valence-corrected chi connectivity index (χ3v) is 9.50. The van der Waals surface area contributed by atoms with Crippen molar-refractivity contribution in [3.63, 3.8) is 0 Å². The minimum atomic E-state index is -3.87. The van der Waals surface area contributed by atoms with Crippen LogP contribution in [-0.4, -0.2) is 57.3 Å². The van der Waals surface area contributed by atoms with Gasteiger partial charge in [0, 0.05) is 25.0 Å². The number of aliphatic hydroxyl groups is 3. The van der Waals surface area contributed by atoms with Crippen LogP contribution < -0.4 is 5.32 Å². The van der Waals surface area contributed by atoms with E-state index >= 15 is 0 Å². The average molecular weight is 499 g/mol. The summed E-state index contributed by atoms with van der Waals surface area (Å²) in [6.07, 6.45) is 0.168. The molecule has 2 aliphatic rings. The number of halogens is 2. The van der Waals surface area contributed by atoms with Gasteiger partial charge in [0.15, 0.2) is 21.5 Å². The van der Waals surface area contributed by atoms with Crippen molar-refractivity contribution in [2.24, 2.45) is 18.9 Å². The van der Waals surface area contributed by atoms with Gasteiger partial charge in [0.2, 0.25) is 0 Å². The second kappa shape index (κ2) is 8.71. The van der Waals surface area contributed by atoms with Crippen molar-refractivity contribution in [2.45, 2.75) is 60.6 Å². The Kier molecular flexibility index (Phi) is 6.34. The van der Waals surface area contributed by atoms with Crippen LogP contribution in [-0.2, 0) is 16.9 Å². The van der Waals surface area contributed by atoms with Crippen molar-refractivity contribution < 1.29 is 37.3 Å². The molecule has 1 aromatic heterocycles. The molecule has 6 atom stereocenters. The number of benzene rings is 1. The number of nitrogens with one attached hydrogen (secondary N) is 1. The lowest BCUT2D eigenvalue weighted by Crippen LogP contribution is -2.58. The molecule has 0 spiro atoms. The van der Waals surface area contributed by atoms with Gasteiger partial charge < -0.3 is 25.2 Å². The number of hydrogen-bond donors (Lipinski definition) is 4. The minimum absolute atomic E-state index is 0.0168. The Hall–Kier alpha value is -2.34. The van der Waals surface area contributed by atoms with E-state index in [0.717, 1.165) is 12.1 Å². The summed E-state index contributed by atoms with van der Waals surface area (Å²) in [6.45, 7) is 1.39. The van der Waals surface area contributed by atoms with E-state index in [1.165, 1.54) is 36.9 Å². The highest BCUT2D eigenvalue weighted by molar-refractivity contribution is 7.92. The molecule has 0 saturated heterocycles. The zero-order valence-electron chi connectivity index (χ0n) is 18.8. The first-order valence-corrected chi connectivity index (χ1v) is 12.7. The highest BCUT2D eigenvalue weighted by atomic mass is 32.2. The topological polar surface area (TPSA) is 129 Å². The fourth-order valence-corrected chi connectivity index (χ4v) is 7.48. The van der Waals surface area contributed by atoms with Crippen LogP contribution in [0.25, 0.3) is 0 Å². The van der Waals surface area contributed by atoms with Crippen molar-refractivity contribution in [1.82, 2.24) is 4.57 Å². The molecule has 2 aliphatic carbocycles. The number of amides is 1. The van der Waals surface area contributed by atoms with Gasteiger partial charge in [-0.2, -0.15) is 0 Å². The molecule has 0 radical (unpaired) electrons. The van der Waals surface area contributed by atoms with Crippen LogP contribution >= 0.6 is 0 Å². The Morgan fingerprint density at radius 2 is 1.76 bits per heavy atom. The zero-order valence-corrected chi connectivity index (χ0v) is 19.6. The number of hydrogen-bond acceptors (Lipinski definition) is 6. The summed E-state index contributed by atoms with van der Waals surface area (Å²) in [6, 6.07) is 4.13. The third kappa shape index (κ3) is 4.04. The van der Waals surface area contributed by atoms with Gasteiger partial charge >= 0.3 is 0 Å². The van der Waals surface area contributed by atoms with Crippen LogP contribution in [0, 0.1) is 23.5 Å². The van der Waals surface area contributed by atoms with E-state index in [0.29, 0.717) is 12.8 Å². The van der Waals surface area contributed by atoms with E-state index in [1.54, 1.807) is 0 Å². The molecule has 1 amide bonds. The van der Waals surface area contributed by atoms with E-state index in [-0.39, 0.29) is 29.1 Å². The lowest BCUT2D eigenvalue weighted by atomic mass is 9.70. The molecule has 34 heavy (non-hydrogen) atoms. The molecule has 186 valence electrons. The van der Waals surface area contributed by atoms with E-state index < -0.39 is 62.3 Å².